The number of piperidine rings is 1. The first-order valence-electron chi connectivity index (χ1n) is 13.1. The summed E-state index contributed by atoms with van der Waals surface area (Å²) in [5.74, 6) is -1.24. The van der Waals surface area contributed by atoms with Crippen LogP contribution in [0.15, 0.2) is 47.7 Å². The van der Waals surface area contributed by atoms with E-state index >= 15 is 0 Å². The lowest BCUT2D eigenvalue weighted by molar-refractivity contribution is -0.153. The fourth-order valence-electron chi connectivity index (χ4n) is 6.84. The molecule has 1 spiro atoms. The molecule has 0 radical (unpaired) electrons. The van der Waals surface area contributed by atoms with E-state index in [1.165, 1.54) is 38.0 Å². The van der Waals surface area contributed by atoms with Crippen molar-refractivity contribution in [1.29, 1.82) is 0 Å². The Hall–Kier alpha value is -3.56. The number of likely N-dealkylation sites (tertiary alicyclic amines) is 1. The molecule has 1 saturated heterocycles. The first kappa shape index (κ1) is 24.8. The third kappa shape index (κ3) is 3.52. The Labute approximate surface area is 220 Å². The van der Waals surface area contributed by atoms with E-state index in [2.05, 4.69) is 10.2 Å². The molecule has 5 N–H and O–H groups in total. The molecule has 2 aliphatic heterocycles. The second-order valence-electron chi connectivity index (χ2n) is 11.3. The standard InChI is InChI=1S/C29H32N2O7/c1-15(26(34)30-19-5-3-4-18(12-19)27(35)36)23(33)25-29-10-11-31(14-16-6-7-16)21(28(29,2)37)13-17-8-9-20(32)24(38-25)22(17)29/h3-5,8-9,12,16,21,25,32-33,37H,6-7,10-11,13-14H2,1-2H3,(H,30,34)(H,35,36)/b23-15-/t21-,25+,28-,29+/m1/s1. The van der Waals surface area contributed by atoms with Crippen molar-refractivity contribution >= 4 is 17.6 Å². The number of phenolic OH excluding ortho intramolecular Hbond substituents is 1. The summed E-state index contributed by atoms with van der Waals surface area (Å²) in [5.41, 5.74) is -0.411. The van der Waals surface area contributed by atoms with E-state index in [0.717, 1.165) is 12.1 Å². The molecule has 9 heteroatoms. The van der Waals surface area contributed by atoms with Gasteiger partial charge >= 0.3 is 5.97 Å². The monoisotopic (exact) mass is 520 g/mol. The number of hydrogen-bond acceptors (Lipinski definition) is 7. The zero-order valence-corrected chi connectivity index (χ0v) is 21.4. The quantitative estimate of drug-likeness (QED) is 0.289. The lowest BCUT2D eigenvalue weighted by atomic mass is 9.53. The fourth-order valence-corrected chi connectivity index (χ4v) is 6.84. The second kappa shape index (κ2) is 8.47. The number of rotatable bonds is 6. The third-order valence-corrected chi connectivity index (χ3v) is 9.08. The van der Waals surface area contributed by atoms with Gasteiger partial charge in [0.25, 0.3) is 5.91 Å². The normalized spacial score (nSPS) is 30.2. The van der Waals surface area contributed by atoms with Gasteiger partial charge in [0.1, 0.15) is 5.76 Å². The maximum Gasteiger partial charge on any atom is 0.335 e. The molecule has 2 heterocycles. The van der Waals surface area contributed by atoms with Crippen LogP contribution in [-0.2, 0) is 16.6 Å². The fraction of sp³-hybridized carbons (Fsp3) is 0.448. The van der Waals surface area contributed by atoms with E-state index in [1.807, 2.05) is 6.07 Å². The van der Waals surface area contributed by atoms with Gasteiger partial charge in [-0.05, 0) is 81.8 Å². The van der Waals surface area contributed by atoms with Crippen molar-refractivity contribution in [3.63, 3.8) is 0 Å². The summed E-state index contributed by atoms with van der Waals surface area (Å²) in [6, 6.07) is 9.09. The number of anilines is 1. The number of carboxylic acid groups (broad SMARTS) is 1. The molecule has 6 rings (SSSR count). The smallest absolute Gasteiger partial charge is 0.335 e. The van der Waals surface area contributed by atoms with Crippen molar-refractivity contribution < 1.29 is 34.8 Å². The molecule has 2 fully saturated rings. The molecule has 2 aromatic carbocycles. The van der Waals surface area contributed by atoms with E-state index in [0.29, 0.717) is 30.9 Å². The summed E-state index contributed by atoms with van der Waals surface area (Å²) in [5, 5.41) is 46.4. The van der Waals surface area contributed by atoms with Gasteiger partial charge in [-0.25, -0.2) is 4.79 Å². The Bertz CT molecular complexity index is 1380. The number of aromatic carboxylic acids is 1. The zero-order chi connectivity index (χ0) is 27.0. The number of aromatic hydroxyl groups is 1. The number of carboxylic acids is 1. The van der Waals surface area contributed by atoms with Gasteiger partial charge < -0.3 is 30.5 Å². The van der Waals surface area contributed by atoms with Gasteiger partial charge in [-0.15, -0.1) is 0 Å². The predicted molar refractivity (Wildman–Crippen MR) is 139 cm³/mol. The van der Waals surface area contributed by atoms with Crippen molar-refractivity contribution in [2.24, 2.45) is 5.92 Å². The van der Waals surface area contributed by atoms with E-state index in [-0.39, 0.29) is 40.1 Å². The summed E-state index contributed by atoms with van der Waals surface area (Å²) in [6.07, 6.45) is 2.40. The van der Waals surface area contributed by atoms with Gasteiger partial charge in [-0.3, -0.25) is 9.69 Å². The van der Waals surface area contributed by atoms with Crippen LogP contribution in [0, 0.1) is 5.92 Å². The molecule has 38 heavy (non-hydrogen) atoms. The molecule has 1 amide bonds. The molecule has 9 nitrogen and oxygen atoms in total. The van der Waals surface area contributed by atoms with Crippen molar-refractivity contribution in [1.82, 2.24) is 4.90 Å². The van der Waals surface area contributed by atoms with Crippen LogP contribution in [-0.4, -0.2) is 68.0 Å². The Morgan fingerprint density at radius 3 is 2.66 bits per heavy atom. The average Bonchev–Trinajstić information content (AvgIpc) is 3.62. The molecular formula is C29H32N2O7. The van der Waals surface area contributed by atoms with Crippen LogP contribution in [0.25, 0.3) is 0 Å². The van der Waals surface area contributed by atoms with E-state index in [9.17, 15) is 30.0 Å². The van der Waals surface area contributed by atoms with Crippen molar-refractivity contribution in [3.05, 3.63) is 64.4 Å². The number of benzene rings is 2. The Morgan fingerprint density at radius 1 is 1.18 bits per heavy atom. The molecule has 2 bridgehead atoms. The van der Waals surface area contributed by atoms with Crippen LogP contribution in [0.1, 0.15) is 54.6 Å². The molecule has 0 unspecified atom stereocenters. The summed E-state index contributed by atoms with van der Waals surface area (Å²) in [6.45, 7) is 4.87. The van der Waals surface area contributed by atoms with Gasteiger partial charge in [0.15, 0.2) is 17.6 Å². The van der Waals surface area contributed by atoms with Crippen LogP contribution in [0.5, 0.6) is 11.5 Å². The van der Waals surface area contributed by atoms with E-state index in [4.69, 9.17) is 4.74 Å². The van der Waals surface area contributed by atoms with E-state index < -0.39 is 29.0 Å². The summed E-state index contributed by atoms with van der Waals surface area (Å²) < 4.78 is 6.24. The maximum atomic E-state index is 13.2. The highest BCUT2D eigenvalue weighted by molar-refractivity contribution is 6.04. The third-order valence-electron chi connectivity index (χ3n) is 9.08. The summed E-state index contributed by atoms with van der Waals surface area (Å²) in [4.78, 5) is 26.8. The number of ether oxygens (including phenoxy) is 1. The van der Waals surface area contributed by atoms with Crippen LogP contribution in [0.2, 0.25) is 0 Å². The minimum Gasteiger partial charge on any atom is -0.508 e. The SMILES string of the molecule is C/C(C(=O)Nc1cccc(C(=O)O)c1)=C(/O)[C@@H]1Oc2c(O)ccc3c2[C@@]12CCN(CC1CC1)[C@H](C3)[C@@]2(C)O. The topological polar surface area (TPSA) is 140 Å². The molecule has 2 aromatic rings. The lowest BCUT2D eigenvalue weighted by Crippen LogP contribution is -2.73. The van der Waals surface area contributed by atoms with Crippen molar-refractivity contribution in [3.8, 4) is 11.5 Å². The number of nitrogens with zero attached hydrogens (tertiary/aromatic N) is 1. The number of phenols is 1. The van der Waals surface area contributed by atoms with Gasteiger partial charge in [-0.2, -0.15) is 0 Å². The molecule has 4 aliphatic rings. The minimum atomic E-state index is -1.31. The average molecular weight is 521 g/mol. The number of nitrogens with one attached hydrogen (secondary N) is 1. The van der Waals surface area contributed by atoms with Crippen molar-refractivity contribution in [2.75, 3.05) is 18.4 Å². The highest BCUT2D eigenvalue weighted by atomic mass is 16.5. The number of carbonyl (C=O) groups excluding carboxylic acids is 1. The highest BCUT2D eigenvalue weighted by Crippen LogP contribution is 2.63. The highest BCUT2D eigenvalue weighted by Gasteiger charge is 2.69. The second-order valence-corrected chi connectivity index (χ2v) is 11.3. The molecule has 0 aromatic heterocycles. The molecule has 2 aliphatic carbocycles. The Morgan fingerprint density at radius 2 is 1.95 bits per heavy atom. The molecule has 4 atom stereocenters. The Balaban J connectivity index is 1.39. The predicted octanol–water partition coefficient (Wildman–Crippen LogP) is 3.35. The first-order valence-corrected chi connectivity index (χ1v) is 13.1. The number of carbonyl (C=O) groups is 2. The first-order chi connectivity index (χ1) is 18.0. The number of aliphatic hydroxyl groups excluding tert-OH is 1. The number of fused-ring (bicyclic) bond motifs is 1. The zero-order valence-electron chi connectivity index (χ0n) is 21.4. The number of hydrogen-bond donors (Lipinski definition) is 5. The number of aliphatic hydroxyl groups is 2. The number of amides is 1. The summed E-state index contributed by atoms with van der Waals surface area (Å²) in [7, 11) is 0. The lowest BCUT2D eigenvalue weighted by Gasteiger charge is -2.59. The maximum absolute atomic E-state index is 13.2. The van der Waals surface area contributed by atoms with Crippen LogP contribution in [0.4, 0.5) is 5.69 Å². The van der Waals surface area contributed by atoms with Crippen molar-refractivity contribution in [2.45, 2.75) is 62.7 Å². The van der Waals surface area contributed by atoms with Gasteiger partial charge in [0, 0.05) is 23.8 Å². The minimum absolute atomic E-state index is 0.0164. The molecule has 200 valence electrons. The van der Waals surface area contributed by atoms with E-state index in [1.54, 1.807) is 19.1 Å². The summed E-state index contributed by atoms with van der Waals surface area (Å²) >= 11 is 0. The van der Waals surface area contributed by atoms with Crippen LogP contribution in [0.3, 0.4) is 0 Å². The van der Waals surface area contributed by atoms with Gasteiger partial charge in [0.2, 0.25) is 0 Å². The van der Waals surface area contributed by atoms with Gasteiger partial charge in [0.05, 0.1) is 22.2 Å². The van der Waals surface area contributed by atoms with Gasteiger partial charge in [-0.1, -0.05) is 12.1 Å². The largest absolute Gasteiger partial charge is 0.508 e. The van der Waals surface area contributed by atoms with Crippen LogP contribution >= 0.6 is 0 Å². The Kier molecular flexibility index (Phi) is 5.52. The van der Waals surface area contributed by atoms with Crippen LogP contribution < -0.4 is 10.1 Å². The molecule has 1 saturated carbocycles. The molecular weight excluding hydrogens is 488 g/mol.